The number of hydrogen-bond donors (Lipinski definition) is 1. The van der Waals surface area contributed by atoms with E-state index in [0.717, 1.165) is 5.69 Å². The molecule has 1 heterocycles. The molecule has 6 heteroatoms. The molecule has 2 rings (SSSR count). The van der Waals surface area contributed by atoms with Gasteiger partial charge in [0.15, 0.2) is 0 Å². The molecule has 106 valence electrons. The summed E-state index contributed by atoms with van der Waals surface area (Å²) in [5.74, 6) is -1.27. The summed E-state index contributed by atoms with van der Waals surface area (Å²) >= 11 is 6.10. The van der Waals surface area contributed by atoms with Gasteiger partial charge < -0.3 is 10.2 Å². The van der Waals surface area contributed by atoms with E-state index in [0.29, 0.717) is 23.7 Å². The molecule has 1 unspecified atom stereocenters. The van der Waals surface area contributed by atoms with Gasteiger partial charge in [-0.25, -0.2) is 0 Å². The number of hydrogen-bond acceptors (Lipinski definition) is 2. The summed E-state index contributed by atoms with van der Waals surface area (Å²) in [6.07, 6.45) is -3.40. The zero-order valence-electron chi connectivity index (χ0n) is 10.6. The van der Waals surface area contributed by atoms with E-state index in [4.69, 9.17) is 11.6 Å². The molecule has 0 bridgehead atoms. The number of alkyl halides is 3. The molecule has 19 heavy (non-hydrogen) atoms. The number of rotatable bonds is 2. The second-order valence-corrected chi connectivity index (χ2v) is 5.15. The van der Waals surface area contributed by atoms with E-state index in [1.165, 1.54) is 0 Å². The zero-order chi connectivity index (χ0) is 14.0. The molecule has 1 saturated heterocycles. The van der Waals surface area contributed by atoms with Crippen LogP contribution >= 0.6 is 11.6 Å². The Labute approximate surface area is 115 Å². The van der Waals surface area contributed by atoms with Gasteiger partial charge in [-0.15, -0.1) is 0 Å². The van der Waals surface area contributed by atoms with Crippen molar-refractivity contribution in [3.8, 4) is 0 Å². The largest absolute Gasteiger partial charge is 0.393 e. The molecule has 1 atom stereocenters. The van der Waals surface area contributed by atoms with Gasteiger partial charge in [0.25, 0.3) is 0 Å². The number of nitrogens with zero attached hydrogens (tertiary/aromatic N) is 1. The van der Waals surface area contributed by atoms with Crippen LogP contribution in [0, 0.1) is 5.92 Å². The Bertz CT molecular complexity index is 448. The molecule has 1 aliphatic heterocycles. The summed E-state index contributed by atoms with van der Waals surface area (Å²) in [5, 5.41) is 3.46. The van der Waals surface area contributed by atoms with Crippen LogP contribution in [0.4, 0.5) is 24.5 Å². The molecule has 0 saturated carbocycles. The number of halogens is 4. The first-order valence-electron chi connectivity index (χ1n) is 6.21. The zero-order valence-corrected chi connectivity index (χ0v) is 11.4. The van der Waals surface area contributed by atoms with Crippen molar-refractivity contribution in [2.75, 3.05) is 30.4 Å². The molecule has 1 aliphatic rings. The molecule has 1 N–H and O–H groups in total. The second kappa shape index (κ2) is 5.49. The van der Waals surface area contributed by atoms with Crippen LogP contribution in [0.3, 0.4) is 0 Å². The monoisotopic (exact) mass is 292 g/mol. The lowest BCUT2D eigenvalue weighted by Gasteiger charge is -2.35. The lowest BCUT2D eigenvalue weighted by atomic mass is 9.97. The van der Waals surface area contributed by atoms with Crippen LogP contribution in [0.25, 0.3) is 0 Å². The van der Waals surface area contributed by atoms with E-state index in [-0.39, 0.29) is 13.0 Å². The van der Waals surface area contributed by atoms with Crippen molar-refractivity contribution in [3.05, 3.63) is 23.2 Å². The highest BCUT2D eigenvalue weighted by Gasteiger charge is 2.42. The second-order valence-electron chi connectivity index (χ2n) is 4.74. The first kappa shape index (κ1) is 14.3. The first-order chi connectivity index (χ1) is 8.91. The Morgan fingerprint density at radius 3 is 2.74 bits per heavy atom. The van der Waals surface area contributed by atoms with Crippen LogP contribution in [0.1, 0.15) is 12.8 Å². The van der Waals surface area contributed by atoms with E-state index >= 15 is 0 Å². The molecular formula is C13H16ClF3N2. The van der Waals surface area contributed by atoms with E-state index in [1.807, 2.05) is 0 Å². The third kappa shape index (κ3) is 3.26. The lowest BCUT2D eigenvalue weighted by molar-refractivity contribution is -0.175. The Kier molecular flexibility index (Phi) is 4.13. The van der Waals surface area contributed by atoms with Crippen molar-refractivity contribution in [2.45, 2.75) is 19.0 Å². The van der Waals surface area contributed by atoms with Crippen LogP contribution in [-0.4, -0.2) is 26.3 Å². The molecular weight excluding hydrogens is 277 g/mol. The van der Waals surface area contributed by atoms with Gasteiger partial charge in [0, 0.05) is 25.8 Å². The van der Waals surface area contributed by atoms with E-state index in [9.17, 15) is 13.2 Å². The summed E-state index contributed by atoms with van der Waals surface area (Å²) in [4.78, 5) is 1.73. The fraction of sp³-hybridized carbons (Fsp3) is 0.538. The SMILES string of the molecule is CNc1ccc(Cl)c(N2CCCC(C(F)(F)F)C2)c1. The van der Waals surface area contributed by atoms with Crippen molar-refractivity contribution < 1.29 is 13.2 Å². The molecule has 2 nitrogen and oxygen atoms in total. The van der Waals surface area contributed by atoms with Crippen LogP contribution in [0.5, 0.6) is 0 Å². The molecule has 0 amide bonds. The molecule has 1 aromatic carbocycles. The van der Waals surface area contributed by atoms with Crippen LogP contribution in [-0.2, 0) is 0 Å². The lowest BCUT2D eigenvalue weighted by Crippen LogP contribution is -2.41. The van der Waals surface area contributed by atoms with Gasteiger partial charge >= 0.3 is 6.18 Å². The Morgan fingerprint density at radius 1 is 1.37 bits per heavy atom. The Morgan fingerprint density at radius 2 is 2.11 bits per heavy atom. The Balaban J connectivity index is 2.21. The van der Waals surface area contributed by atoms with Gasteiger partial charge in [0.1, 0.15) is 0 Å². The normalized spacial score (nSPS) is 20.5. The summed E-state index contributed by atoms with van der Waals surface area (Å²) in [7, 11) is 1.77. The highest BCUT2D eigenvalue weighted by Crippen LogP contribution is 2.37. The number of anilines is 2. The van der Waals surface area contributed by atoms with Crippen molar-refractivity contribution in [1.29, 1.82) is 0 Å². The molecule has 1 aromatic rings. The summed E-state index contributed by atoms with van der Waals surface area (Å²) in [6, 6.07) is 5.30. The van der Waals surface area contributed by atoms with Gasteiger partial charge in [-0.3, -0.25) is 0 Å². The summed E-state index contributed by atoms with van der Waals surface area (Å²) < 4.78 is 38.4. The maximum absolute atomic E-state index is 12.8. The third-order valence-electron chi connectivity index (χ3n) is 3.46. The van der Waals surface area contributed by atoms with E-state index in [1.54, 1.807) is 30.1 Å². The standard InChI is InChI=1S/C13H16ClF3N2/c1-18-10-4-5-11(14)12(7-10)19-6-2-3-9(8-19)13(15,16)17/h4-5,7,9,18H,2-3,6,8H2,1H3. The molecule has 0 aromatic heterocycles. The van der Waals surface area contributed by atoms with Crippen LogP contribution < -0.4 is 10.2 Å². The molecule has 1 fully saturated rings. The summed E-state index contributed by atoms with van der Waals surface area (Å²) in [5.41, 5.74) is 1.51. The van der Waals surface area contributed by atoms with E-state index in [2.05, 4.69) is 5.32 Å². The molecule has 0 radical (unpaired) electrons. The first-order valence-corrected chi connectivity index (χ1v) is 6.58. The predicted octanol–water partition coefficient (Wildman–Crippen LogP) is 4.16. The van der Waals surface area contributed by atoms with Crippen molar-refractivity contribution in [1.82, 2.24) is 0 Å². The van der Waals surface area contributed by atoms with Crippen molar-refractivity contribution in [2.24, 2.45) is 5.92 Å². The smallest absolute Gasteiger partial charge is 0.388 e. The quantitative estimate of drug-likeness (QED) is 0.880. The number of nitrogens with one attached hydrogen (secondary N) is 1. The van der Waals surface area contributed by atoms with Gasteiger partial charge in [0.05, 0.1) is 16.6 Å². The average molecular weight is 293 g/mol. The highest BCUT2D eigenvalue weighted by molar-refractivity contribution is 6.33. The van der Waals surface area contributed by atoms with Gasteiger partial charge in [-0.1, -0.05) is 11.6 Å². The molecule has 0 aliphatic carbocycles. The van der Waals surface area contributed by atoms with Crippen LogP contribution in [0.2, 0.25) is 5.02 Å². The third-order valence-corrected chi connectivity index (χ3v) is 3.78. The summed E-state index contributed by atoms with van der Waals surface area (Å²) in [6.45, 7) is 0.593. The predicted molar refractivity (Wildman–Crippen MR) is 72.0 cm³/mol. The van der Waals surface area contributed by atoms with Crippen molar-refractivity contribution >= 4 is 23.0 Å². The molecule has 0 spiro atoms. The van der Waals surface area contributed by atoms with Gasteiger partial charge in [0.2, 0.25) is 0 Å². The minimum absolute atomic E-state index is 0.0175. The highest BCUT2D eigenvalue weighted by atomic mass is 35.5. The minimum Gasteiger partial charge on any atom is -0.388 e. The van der Waals surface area contributed by atoms with Gasteiger partial charge in [-0.05, 0) is 31.0 Å². The average Bonchev–Trinajstić information content (AvgIpc) is 2.38. The topological polar surface area (TPSA) is 15.3 Å². The van der Waals surface area contributed by atoms with E-state index < -0.39 is 12.1 Å². The maximum atomic E-state index is 12.8. The Hall–Kier alpha value is -1.10. The van der Waals surface area contributed by atoms with Crippen molar-refractivity contribution in [3.63, 3.8) is 0 Å². The fourth-order valence-corrected chi connectivity index (χ4v) is 2.61. The van der Waals surface area contributed by atoms with Gasteiger partial charge in [-0.2, -0.15) is 13.2 Å². The minimum atomic E-state index is -4.13. The number of benzene rings is 1. The number of piperidine rings is 1. The maximum Gasteiger partial charge on any atom is 0.393 e. The van der Waals surface area contributed by atoms with Crippen LogP contribution in [0.15, 0.2) is 18.2 Å². The fourth-order valence-electron chi connectivity index (χ4n) is 2.37.